The van der Waals surface area contributed by atoms with Gasteiger partial charge in [-0.25, -0.2) is 15.0 Å². The van der Waals surface area contributed by atoms with E-state index in [0.717, 1.165) is 55.9 Å². The molecule has 0 radical (unpaired) electrons. The van der Waals surface area contributed by atoms with Crippen molar-refractivity contribution in [2.75, 3.05) is 37.7 Å². The number of anilines is 1. The summed E-state index contributed by atoms with van der Waals surface area (Å²) >= 11 is 0. The van der Waals surface area contributed by atoms with Crippen molar-refractivity contribution in [3.05, 3.63) is 35.7 Å². The maximum Gasteiger partial charge on any atom is 0.225 e. The Balaban J connectivity index is 1.42. The molecule has 2 fully saturated rings. The molecule has 7 nitrogen and oxygen atoms in total. The molecular formula is C17H24N6O. The standard InChI is InChI=1S/C17H24N6O/c1-13-10-19-16(20-13)15-12-22(8-9-24-15)11-14-4-5-18-17(21-14)23-6-2-3-7-23/h4-5,10,15H,2-3,6-9,11-12H2,1H3,(H,19,20)/t15-/m1/s1. The fraction of sp³-hybridized carbons (Fsp3) is 0.588. The molecule has 7 heteroatoms. The van der Waals surface area contributed by atoms with Crippen LogP contribution in [0.25, 0.3) is 0 Å². The van der Waals surface area contributed by atoms with E-state index in [-0.39, 0.29) is 6.10 Å². The second-order valence-electron chi connectivity index (χ2n) is 6.59. The predicted molar refractivity (Wildman–Crippen MR) is 90.8 cm³/mol. The van der Waals surface area contributed by atoms with E-state index in [1.54, 1.807) is 0 Å². The third-order valence-electron chi connectivity index (χ3n) is 4.65. The SMILES string of the molecule is Cc1cnc([C@H]2CN(Cc3ccnc(N4CCCC4)n3)CCO2)[nH]1. The maximum absolute atomic E-state index is 5.87. The van der Waals surface area contributed by atoms with Gasteiger partial charge in [0.15, 0.2) is 0 Å². The Morgan fingerprint density at radius 2 is 2.12 bits per heavy atom. The van der Waals surface area contributed by atoms with Gasteiger partial charge in [-0.2, -0.15) is 0 Å². The fourth-order valence-corrected chi connectivity index (χ4v) is 3.38. The lowest BCUT2D eigenvalue weighted by Gasteiger charge is -2.31. The fourth-order valence-electron chi connectivity index (χ4n) is 3.38. The van der Waals surface area contributed by atoms with Gasteiger partial charge in [0.05, 0.1) is 12.3 Å². The molecule has 2 aromatic heterocycles. The van der Waals surface area contributed by atoms with E-state index in [0.29, 0.717) is 6.61 Å². The molecule has 2 aliphatic rings. The third-order valence-corrected chi connectivity index (χ3v) is 4.65. The van der Waals surface area contributed by atoms with Crippen molar-refractivity contribution in [2.24, 2.45) is 0 Å². The van der Waals surface area contributed by atoms with Gasteiger partial charge in [0.25, 0.3) is 0 Å². The van der Waals surface area contributed by atoms with Gasteiger partial charge in [-0.1, -0.05) is 0 Å². The number of hydrogen-bond acceptors (Lipinski definition) is 6. The molecule has 128 valence electrons. The lowest BCUT2D eigenvalue weighted by atomic mass is 10.2. The molecule has 0 spiro atoms. The van der Waals surface area contributed by atoms with Gasteiger partial charge in [0.2, 0.25) is 5.95 Å². The molecule has 1 N–H and O–H groups in total. The number of aromatic nitrogens is 4. The van der Waals surface area contributed by atoms with E-state index in [1.165, 1.54) is 12.8 Å². The molecule has 1 atom stereocenters. The number of rotatable bonds is 4. The van der Waals surface area contributed by atoms with Crippen molar-refractivity contribution in [2.45, 2.75) is 32.4 Å². The Bertz CT molecular complexity index is 681. The van der Waals surface area contributed by atoms with E-state index in [9.17, 15) is 0 Å². The number of morpholine rings is 1. The number of H-pyrrole nitrogens is 1. The van der Waals surface area contributed by atoms with Crippen molar-refractivity contribution < 1.29 is 4.74 Å². The summed E-state index contributed by atoms with van der Waals surface area (Å²) in [5.41, 5.74) is 2.14. The van der Waals surface area contributed by atoms with Crippen LogP contribution >= 0.6 is 0 Å². The van der Waals surface area contributed by atoms with Crippen molar-refractivity contribution in [3.63, 3.8) is 0 Å². The molecule has 2 aromatic rings. The van der Waals surface area contributed by atoms with Crippen LogP contribution in [0, 0.1) is 6.92 Å². The normalized spacial score (nSPS) is 22.2. The molecule has 2 aliphatic heterocycles. The molecule has 24 heavy (non-hydrogen) atoms. The topological polar surface area (TPSA) is 70.2 Å². The Morgan fingerprint density at radius 3 is 2.92 bits per heavy atom. The number of ether oxygens (including phenoxy) is 1. The summed E-state index contributed by atoms with van der Waals surface area (Å²) in [5.74, 6) is 1.79. The number of hydrogen-bond donors (Lipinski definition) is 1. The van der Waals surface area contributed by atoms with Gasteiger partial charge in [0, 0.05) is 50.8 Å². The minimum Gasteiger partial charge on any atom is -0.368 e. The van der Waals surface area contributed by atoms with Crippen molar-refractivity contribution >= 4 is 5.95 Å². The van der Waals surface area contributed by atoms with E-state index >= 15 is 0 Å². The molecule has 0 aliphatic carbocycles. The lowest BCUT2D eigenvalue weighted by molar-refractivity contribution is -0.0372. The molecule has 0 saturated carbocycles. The molecule has 4 rings (SSSR count). The van der Waals surface area contributed by atoms with E-state index in [4.69, 9.17) is 9.72 Å². The highest BCUT2D eigenvalue weighted by Gasteiger charge is 2.24. The summed E-state index contributed by atoms with van der Waals surface area (Å²) in [7, 11) is 0. The highest BCUT2D eigenvalue weighted by molar-refractivity contribution is 5.31. The van der Waals surface area contributed by atoms with Crippen molar-refractivity contribution in [1.29, 1.82) is 0 Å². The molecule has 2 saturated heterocycles. The predicted octanol–water partition coefficient (Wildman–Crippen LogP) is 1.68. The first kappa shape index (κ1) is 15.5. The second-order valence-corrected chi connectivity index (χ2v) is 6.59. The Kier molecular flexibility index (Phi) is 4.44. The summed E-state index contributed by atoms with van der Waals surface area (Å²) in [6, 6.07) is 2.01. The van der Waals surface area contributed by atoms with Gasteiger partial charge in [0.1, 0.15) is 11.9 Å². The summed E-state index contributed by atoms with van der Waals surface area (Å²) in [6.45, 7) is 7.44. The first-order valence-corrected chi connectivity index (χ1v) is 8.70. The average molecular weight is 328 g/mol. The van der Waals surface area contributed by atoms with E-state index in [1.807, 2.05) is 25.4 Å². The van der Waals surface area contributed by atoms with Crippen LogP contribution in [0.1, 0.15) is 36.2 Å². The quantitative estimate of drug-likeness (QED) is 0.921. The summed E-state index contributed by atoms with van der Waals surface area (Å²) in [6.07, 6.45) is 6.21. The van der Waals surface area contributed by atoms with Crippen LogP contribution in [0.4, 0.5) is 5.95 Å². The first-order chi connectivity index (χ1) is 11.8. The minimum absolute atomic E-state index is 0.00680. The third kappa shape index (κ3) is 3.42. The molecular weight excluding hydrogens is 304 g/mol. The van der Waals surface area contributed by atoms with Crippen LogP contribution < -0.4 is 4.90 Å². The summed E-state index contributed by atoms with van der Waals surface area (Å²) in [4.78, 5) is 21.5. The molecule has 0 bridgehead atoms. The van der Waals surface area contributed by atoms with Gasteiger partial charge in [-0.3, -0.25) is 4.90 Å². The van der Waals surface area contributed by atoms with Crippen LogP contribution in [0.5, 0.6) is 0 Å². The van der Waals surface area contributed by atoms with Crippen LogP contribution in [0.2, 0.25) is 0 Å². The van der Waals surface area contributed by atoms with Gasteiger partial charge < -0.3 is 14.6 Å². The van der Waals surface area contributed by atoms with Crippen molar-refractivity contribution in [1.82, 2.24) is 24.8 Å². The maximum atomic E-state index is 5.87. The number of imidazole rings is 1. The zero-order valence-corrected chi connectivity index (χ0v) is 14.1. The number of nitrogens with one attached hydrogen (secondary N) is 1. The van der Waals surface area contributed by atoms with Crippen LogP contribution in [-0.2, 0) is 11.3 Å². The second kappa shape index (κ2) is 6.86. The number of nitrogens with zero attached hydrogens (tertiary/aromatic N) is 5. The number of aryl methyl sites for hydroxylation is 1. The Morgan fingerprint density at radius 1 is 1.25 bits per heavy atom. The zero-order chi connectivity index (χ0) is 16.4. The zero-order valence-electron chi connectivity index (χ0n) is 14.1. The summed E-state index contributed by atoms with van der Waals surface area (Å²) < 4.78 is 5.87. The molecule has 4 heterocycles. The van der Waals surface area contributed by atoms with Gasteiger partial charge in [-0.05, 0) is 25.8 Å². The first-order valence-electron chi connectivity index (χ1n) is 8.70. The minimum atomic E-state index is 0.00680. The van der Waals surface area contributed by atoms with E-state index < -0.39 is 0 Å². The van der Waals surface area contributed by atoms with E-state index in [2.05, 4.69) is 24.8 Å². The molecule has 0 amide bonds. The smallest absolute Gasteiger partial charge is 0.225 e. The van der Waals surface area contributed by atoms with Crippen LogP contribution in [0.3, 0.4) is 0 Å². The lowest BCUT2D eigenvalue weighted by Crippen LogP contribution is -2.38. The van der Waals surface area contributed by atoms with Gasteiger partial charge >= 0.3 is 0 Å². The summed E-state index contributed by atoms with van der Waals surface area (Å²) in [5, 5.41) is 0. The molecule has 0 unspecified atom stereocenters. The van der Waals surface area contributed by atoms with Crippen LogP contribution in [0.15, 0.2) is 18.5 Å². The van der Waals surface area contributed by atoms with Crippen LogP contribution in [-0.4, -0.2) is 57.6 Å². The highest BCUT2D eigenvalue weighted by atomic mass is 16.5. The number of aromatic amines is 1. The van der Waals surface area contributed by atoms with Gasteiger partial charge in [-0.15, -0.1) is 0 Å². The largest absolute Gasteiger partial charge is 0.368 e. The van der Waals surface area contributed by atoms with Crippen molar-refractivity contribution in [3.8, 4) is 0 Å². The average Bonchev–Trinajstić information content (AvgIpc) is 3.27. The Labute approximate surface area is 142 Å². The monoisotopic (exact) mass is 328 g/mol. The molecule has 0 aromatic carbocycles. The highest BCUT2D eigenvalue weighted by Crippen LogP contribution is 2.21. The Hall–Kier alpha value is -1.99.